The Hall–Kier alpha value is -0.290. The lowest BCUT2D eigenvalue weighted by atomic mass is 10.2. The highest BCUT2D eigenvalue weighted by Crippen LogP contribution is 2.19. The molecule has 0 spiro atoms. The molecule has 1 heterocycles. The first-order valence-corrected chi connectivity index (χ1v) is 5.64. The highest BCUT2D eigenvalue weighted by molar-refractivity contribution is 6.30. The Morgan fingerprint density at radius 1 is 1.25 bits per heavy atom. The number of benzene rings is 1. The summed E-state index contributed by atoms with van der Waals surface area (Å²) in [5, 5.41) is 0.793. The van der Waals surface area contributed by atoms with E-state index < -0.39 is 0 Å². The van der Waals surface area contributed by atoms with Gasteiger partial charge in [0.2, 0.25) is 5.84 Å². The van der Waals surface area contributed by atoms with E-state index in [0.717, 1.165) is 18.1 Å². The predicted molar refractivity (Wildman–Crippen MR) is 65.1 cm³/mol. The summed E-state index contributed by atoms with van der Waals surface area (Å²) in [7, 11) is 2.14. The van der Waals surface area contributed by atoms with Gasteiger partial charge in [-0.25, -0.2) is 4.90 Å². The summed E-state index contributed by atoms with van der Waals surface area (Å²) in [5.74, 6) is 1.31. The van der Waals surface area contributed by atoms with Gasteiger partial charge in [0.05, 0.1) is 20.1 Å². The molecule has 1 aliphatic heterocycles. The lowest BCUT2D eigenvalue weighted by molar-refractivity contribution is -0.502. The molecule has 1 aromatic carbocycles. The van der Waals surface area contributed by atoms with Crippen LogP contribution < -0.4 is 28.9 Å². The van der Waals surface area contributed by atoms with Gasteiger partial charge in [-0.2, -0.15) is 0 Å². The van der Waals surface area contributed by atoms with E-state index >= 15 is 0 Å². The van der Waals surface area contributed by atoms with Crippen molar-refractivity contribution in [1.82, 2.24) is 0 Å². The number of hydrogen-bond donors (Lipinski definition) is 0. The topological polar surface area (TPSA) is 6.25 Å². The molecule has 1 aromatic rings. The van der Waals surface area contributed by atoms with Crippen LogP contribution in [0.25, 0.3) is 0 Å². The van der Waals surface area contributed by atoms with Crippen LogP contribution >= 0.6 is 11.6 Å². The molecule has 0 radical (unpaired) electrons. The van der Waals surface area contributed by atoms with E-state index in [1.54, 1.807) is 0 Å². The van der Waals surface area contributed by atoms with Gasteiger partial charge in [-0.15, -0.1) is 0 Å². The van der Waals surface area contributed by atoms with Crippen molar-refractivity contribution in [3.8, 4) is 0 Å². The van der Waals surface area contributed by atoms with Crippen LogP contribution in [0.2, 0.25) is 5.02 Å². The minimum atomic E-state index is 0. The van der Waals surface area contributed by atoms with Crippen molar-refractivity contribution >= 4 is 23.1 Å². The molecular formula is C12H16ClIN2. The average Bonchev–Trinajstić information content (AvgIpc) is 2.24. The van der Waals surface area contributed by atoms with Crippen molar-refractivity contribution < 1.29 is 28.6 Å². The highest BCUT2D eigenvalue weighted by Gasteiger charge is 2.23. The second kappa shape index (κ2) is 5.87. The molecule has 0 saturated carbocycles. The van der Waals surface area contributed by atoms with Gasteiger partial charge < -0.3 is 24.0 Å². The SMILES string of the molecule is CC1=[N+](C)CCCN1c1ccc(Cl)cc1.[I-]. The summed E-state index contributed by atoms with van der Waals surface area (Å²) in [6.45, 7) is 4.40. The Bertz CT molecular complexity index is 387. The molecule has 0 amide bonds. The maximum Gasteiger partial charge on any atom is 0.248 e. The van der Waals surface area contributed by atoms with Crippen LogP contribution in [0.15, 0.2) is 24.3 Å². The van der Waals surface area contributed by atoms with Crippen LogP contribution in [0.5, 0.6) is 0 Å². The Morgan fingerprint density at radius 2 is 1.88 bits per heavy atom. The van der Waals surface area contributed by atoms with E-state index in [2.05, 4.69) is 35.6 Å². The van der Waals surface area contributed by atoms with E-state index in [1.807, 2.05) is 12.1 Å². The Balaban J connectivity index is 0.00000128. The highest BCUT2D eigenvalue weighted by atomic mass is 127. The second-order valence-corrected chi connectivity index (χ2v) is 4.39. The van der Waals surface area contributed by atoms with Gasteiger partial charge in [0.1, 0.15) is 5.69 Å². The molecular weight excluding hydrogens is 335 g/mol. The molecule has 2 rings (SSSR count). The largest absolute Gasteiger partial charge is 1.00 e. The second-order valence-electron chi connectivity index (χ2n) is 3.95. The van der Waals surface area contributed by atoms with Crippen LogP contribution in [0.1, 0.15) is 13.3 Å². The van der Waals surface area contributed by atoms with Gasteiger partial charge in [-0.05, 0) is 24.3 Å². The van der Waals surface area contributed by atoms with Gasteiger partial charge in [-0.1, -0.05) is 11.6 Å². The van der Waals surface area contributed by atoms with E-state index in [-0.39, 0.29) is 24.0 Å². The monoisotopic (exact) mass is 350 g/mol. The molecule has 0 unspecified atom stereocenters. The minimum Gasteiger partial charge on any atom is -1.00 e. The average molecular weight is 351 g/mol. The van der Waals surface area contributed by atoms with Gasteiger partial charge in [-0.3, -0.25) is 4.58 Å². The third kappa shape index (κ3) is 2.88. The number of amidine groups is 1. The summed E-state index contributed by atoms with van der Waals surface area (Å²) >= 11 is 5.88. The molecule has 88 valence electrons. The zero-order valence-corrected chi connectivity index (χ0v) is 12.5. The molecule has 0 bridgehead atoms. The minimum absolute atomic E-state index is 0. The first kappa shape index (κ1) is 13.8. The maximum atomic E-state index is 5.88. The summed E-state index contributed by atoms with van der Waals surface area (Å²) in [5.41, 5.74) is 1.23. The molecule has 0 atom stereocenters. The first-order valence-electron chi connectivity index (χ1n) is 5.26. The molecule has 0 fully saturated rings. The molecule has 0 N–H and O–H groups in total. The van der Waals surface area contributed by atoms with Crippen molar-refractivity contribution in [2.24, 2.45) is 0 Å². The van der Waals surface area contributed by atoms with Crippen molar-refractivity contribution in [3.05, 3.63) is 29.3 Å². The van der Waals surface area contributed by atoms with E-state index in [1.165, 1.54) is 17.9 Å². The number of rotatable bonds is 1. The molecule has 0 aromatic heterocycles. The molecule has 2 nitrogen and oxygen atoms in total. The molecule has 1 aliphatic rings. The van der Waals surface area contributed by atoms with Gasteiger partial charge in [0.15, 0.2) is 0 Å². The van der Waals surface area contributed by atoms with Crippen LogP contribution in [-0.4, -0.2) is 30.5 Å². The summed E-state index contributed by atoms with van der Waals surface area (Å²) in [6, 6.07) is 8.04. The number of halogens is 2. The normalized spacial score (nSPS) is 16.1. The molecule has 4 heteroatoms. The fourth-order valence-electron chi connectivity index (χ4n) is 1.93. The first-order chi connectivity index (χ1) is 7.18. The van der Waals surface area contributed by atoms with Crippen LogP contribution in [-0.2, 0) is 0 Å². The van der Waals surface area contributed by atoms with Gasteiger partial charge >= 0.3 is 0 Å². The van der Waals surface area contributed by atoms with Crippen LogP contribution in [0.3, 0.4) is 0 Å². The number of anilines is 1. The summed E-state index contributed by atoms with van der Waals surface area (Å²) in [4.78, 5) is 2.33. The van der Waals surface area contributed by atoms with Gasteiger partial charge in [0.25, 0.3) is 0 Å². The Morgan fingerprint density at radius 3 is 2.50 bits per heavy atom. The maximum absolute atomic E-state index is 5.88. The smallest absolute Gasteiger partial charge is 0.248 e. The van der Waals surface area contributed by atoms with Crippen molar-refractivity contribution in [2.45, 2.75) is 13.3 Å². The molecule has 0 aliphatic carbocycles. The predicted octanol–water partition coefficient (Wildman–Crippen LogP) is -0.385. The molecule has 0 saturated heterocycles. The quantitative estimate of drug-likeness (QED) is 0.494. The third-order valence-electron chi connectivity index (χ3n) is 2.96. The Kier molecular flexibility index (Phi) is 5.05. The van der Waals surface area contributed by atoms with Crippen LogP contribution in [0, 0.1) is 0 Å². The Labute approximate surface area is 119 Å². The van der Waals surface area contributed by atoms with Crippen molar-refractivity contribution in [3.63, 3.8) is 0 Å². The lowest BCUT2D eigenvalue weighted by Crippen LogP contribution is -3.00. The van der Waals surface area contributed by atoms with Crippen molar-refractivity contribution in [1.29, 1.82) is 0 Å². The number of nitrogens with zero attached hydrogens (tertiary/aromatic N) is 2. The standard InChI is InChI=1S/C12H16ClN2.HI/c1-10-14(2)8-3-9-15(10)12-6-4-11(13)5-7-12;/h4-7H,3,8-9H2,1-2H3;1H/q+1;/p-1. The van der Waals surface area contributed by atoms with E-state index in [9.17, 15) is 0 Å². The van der Waals surface area contributed by atoms with E-state index in [0.29, 0.717) is 0 Å². The fourth-order valence-corrected chi connectivity index (χ4v) is 2.06. The van der Waals surface area contributed by atoms with Gasteiger partial charge in [0, 0.05) is 18.4 Å². The summed E-state index contributed by atoms with van der Waals surface area (Å²) in [6.07, 6.45) is 1.20. The molecule has 16 heavy (non-hydrogen) atoms. The van der Waals surface area contributed by atoms with E-state index in [4.69, 9.17) is 11.6 Å². The lowest BCUT2D eigenvalue weighted by Gasteiger charge is -2.23. The fraction of sp³-hybridized carbons (Fsp3) is 0.417. The number of hydrogen-bond acceptors (Lipinski definition) is 1. The third-order valence-corrected chi connectivity index (χ3v) is 3.21. The zero-order chi connectivity index (χ0) is 10.8. The van der Waals surface area contributed by atoms with Crippen molar-refractivity contribution in [2.75, 3.05) is 25.0 Å². The zero-order valence-electron chi connectivity index (χ0n) is 9.58. The summed E-state index contributed by atoms with van der Waals surface area (Å²) < 4.78 is 2.29. The van der Waals surface area contributed by atoms with Crippen LogP contribution in [0.4, 0.5) is 5.69 Å².